The quantitative estimate of drug-likeness (QED) is 0.701. The van der Waals surface area contributed by atoms with Crippen LogP contribution in [0.4, 0.5) is 0 Å². The second-order valence-corrected chi connectivity index (χ2v) is 9.67. The molecule has 1 saturated heterocycles. The van der Waals surface area contributed by atoms with Gasteiger partial charge in [-0.1, -0.05) is 48.0 Å². The van der Waals surface area contributed by atoms with E-state index in [4.69, 9.17) is 11.6 Å². The van der Waals surface area contributed by atoms with Crippen LogP contribution < -0.4 is 4.72 Å². The van der Waals surface area contributed by atoms with E-state index >= 15 is 0 Å². The van der Waals surface area contributed by atoms with Gasteiger partial charge in [-0.25, -0.2) is 13.1 Å². The summed E-state index contributed by atoms with van der Waals surface area (Å²) in [6.07, 6.45) is 3.51. The highest BCUT2D eigenvalue weighted by molar-refractivity contribution is 7.88. The van der Waals surface area contributed by atoms with Crippen molar-refractivity contribution in [2.75, 3.05) is 19.3 Å². The first-order valence-electron chi connectivity index (χ1n) is 9.34. The van der Waals surface area contributed by atoms with Crippen molar-refractivity contribution in [1.29, 1.82) is 0 Å². The van der Waals surface area contributed by atoms with E-state index in [1.165, 1.54) is 17.4 Å². The van der Waals surface area contributed by atoms with Gasteiger partial charge in [0, 0.05) is 17.6 Å². The predicted octanol–water partition coefficient (Wildman–Crippen LogP) is 4.75. The lowest BCUT2D eigenvalue weighted by Crippen LogP contribution is -2.32. The zero-order valence-corrected chi connectivity index (χ0v) is 18.7. The van der Waals surface area contributed by atoms with Crippen LogP contribution in [0.2, 0.25) is 5.02 Å². The van der Waals surface area contributed by atoms with E-state index in [-0.39, 0.29) is 18.4 Å². The van der Waals surface area contributed by atoms with Crippen LogP contribution in [0, 0.1) is 0 Å². The molecule has 0 aliphatic carbocycles. The van der Waals surface area contributed by atoms with Crippen LogP contribution in [-0.2, 0) is 16.6 Å². The summed E-state index contributed by atoms with van der Waals surface area (Å²) in [7, 11) is -3.20. The maximum absolute atomic E-state index is 11.4. The minimum Gasteiger partial charge on any atom is -0.299 e. The zero-order valence-electron chi connectivity index (χ0n) is 16.3. The van der Waals surface area contributed by atoms with Crippen LogP contribution >= 0.6 is 24.0 Å². The first-order valence-corrected chi connectivity index (χ1v) is 11.6. The molecule has 0 aromatic heterocycles. The van der Waals surface area contributed by atoms with Crippen molar-refractivity contribution in [3.63, 3.8) is 0 Å². The second-order valence-electron chi connectivity index (χ2n) is 7.46. The number of rotatable bonds is 6. The number of hydrogen-bond donors (Lipinski definition) is 1. The molecule has 0 saturated carbocycles. The molecule has 0 amide bonds. The van der Waals surface area contributed by atoms with Crippen molar-refractivity contribution in [1.82, 2.24) is 9.62 Å². The summed E-state index contributed by atoms with van der Waals surface area (Å²) in [5.74, 6) is 0.615. The number of nitrogens with zero attached hydrogens (tertiary/aromatic N) is 1. The summed E-state index contributed by atoms with van der Waals surface area (Å²) in [4.78, 5) is 2.49. The number of halogens is 2. The summed E-state index contributed by atoms with van der Waals surface area (Å²) in [6.45, 7) is 4.96. The molecular weight excluding hydrogens is 415 g/mol. The molecule has 0 unspecified atom stereocenters. The van der Waals surface area contributed by atoms with Gasteiger partial charge >= 0.3 is 0 Å². The third-order valence-electron chi connectivity index (χ3n) is 5.21. The van der Waals surface area contributed by atoms with Crippen molar-refractivity contribution in [2.24, 2.45) is 0 Å². The Morgan fingerprint density at radius 1 is 1.07 bits per heavy atom. The molecule has 0 bridgehead atoms. The summed E-state index contributed by atoms with van der Waals surface area (Å²) in [6, 6.07) is 16.2. The van der Waals surface area contributed by atoms with E-state index in [1.54, 1.807) is 0 Å². The van der Waals surface area contributed by atoms with Gasteiger partial charge in [0.05, 0.1) is 6.26 Å². The second kappa shape index (κ2) is 10.1. The highest BCUT2D eigenvalue weighted by Gasteiger charge is 2.20. The minimum absolute atomic E-state index is 0. The number of nitrogens with one attached hydrogen (secondary N) is 1. The Balaban J connectivity index is 0.00000280. The molecular formula is C21H28Cl2N2O2S. The normalized spacial score (nSPS) is 17.1. The Kier molecular flexibility index (Phi) is 8.34. The molecule has 2 aromatic carbocycles. The van der Waals surface area contributed by atoms with Crippen molar-refractivity contribution in [3.8, 4) is 0 Å². The van der Waals surface area contributed by atoms with Crippen LogP contribution in [0.3, 0.4) is 0 Å². The number of benzene rings is 2. The minimum atomic E-state index is -3.20. The number of likely N-dealkylation sites (tertiary alicyclic amines) is 1. The van der Waals surface area contributed by atoms with Crippen LogP contribution in [-0.4, -0.2) is 32.7 Å². The fourth-order valence-corrected chi connectivity index (χ4v) is 4.62. The Bertz CT molecular complexity index is 847. The summed E-state index contributed by atoms with van der Waals surface area (Å²) < 4.78 is 25.3. The third kappa shape index (κ3) is 6.75. The molecule has 1 aliphatic heterocycles. The Hall–Kier alpha value is -1.11. The monoisotopic (exact) mass is 442 g/mol. The van der Waals surface area contributed by atoms with E-state index in [0.29, 0.717) is 5.92 Å². The van der Waals surface area contributed by atoms with Crippen molar-refractivity contribution >= 4 is 34.0 Å². The van der Waals surface area contributed by atoms with Gasteiger partial charge in [-0.05, 0) is 67.6 Å². The molecule has 0 spiro atoms. The molecule has 1 aliphatic rings. The first-order chi connectivity index (χ1) is 12.8. The summed E-state index contributed by atoms with van der Waals surface area (Å²) in [5.41, 5.74) is 3.62. The van der Waals surface area contributed by atoms with Gasteiger partial charge in [0.15, 0.2) is 0 Å². The van der Waals surface area contributed by atoms with Gasteiger partial charge in [-0.3, -0.25) is 4.90 Å². The molecule has 1 atom stereocenters. The van der Waals surface area contributed by atoms with Crippen molar-refractivity contribution < 1.29 is 8.42 Å². The Morgan fingerprint density at radius 3 is 2.18 bits per heavy atom. The van der Waals surface area contributed by atoms with Crippen LogP contribution in [0.15, 0.2) is 48.5 Å². The largest absolute Gasteiger partial charge is 0.299 e. The lowest BCUT2D eigenvalue weighted by Gasteiger charge is -2.32. The maximum Gasteiger partial charge on any atom is 0.209 e. The van der Waals surface area contributed by atoms with E-state index in [9.17, 15) is 8.42 Å². The first kappa shape index (κ1) is 23.2. The Morgan fingerprint density at radius 2 is 1.64 bits per heavy atom. The fraction of sp³-hybridized carbons (Fsp3) is 0.429. The highest BCUT2D eigenvalue weighted by atomic mass is 35.5. The van der Waals surface area contributed by atoms with E-state index in [2.05, 4.69) is 33.9 Å². The average Bonchev–Trinajstić information content (AvgIpc) is 2.62. The number of piperidine rings is 1. The number of hydrogen-bond acceptors (Lipinski definition) is 3. The SMILES string of the molecule is C[C@@H](NS(C)(=O)=O)c1ccc(CN2CCC(c3ccc(Cl)cc3)CC2)cc1.Cl. The van der Waals surface area contributed by atoms with Gasteiger partial charge in [0.25, 0.3) is 0 Å². The Labute approximate surface area is 179 Å². The van der Waals surface area contributed by atoms with Crippen LogP contribution in [0.25, 0.3) is 0 Å². The summed E-state index contributed by atoms with van der Waals surface area (Å²) >= 11 is 5.98. The van der Waals surface area contributed by atoms with Crippen molar-refractivity contribution in [3.05, 3.63) is 70.2 Å². The average molecular weight is 443 g/mol. The van der Waals surface area contributed by atoms with Crippen LogP contribution in [0.5, 0.6) is 0 Å². The zero-order chi connectivity index (χ0) is 19.4. The fourth-order valence-electron chi connectivity index (χ4n) is 3.72. The van der Waals surface area contributed by atoms with E-state index in [1.807, 2.05) is 31.2 Å². The van der Waals surface area contributed by atoms with Gasteiger partial charge in [-0.15, -0.1) is 12.4 Å². The van der Waals surface area contributed by atoms with E-state index < -0.39 is 10.0 Å². The molecule has 2 aromatic rings. The molecule has 7 heteroatoms. The van der Waals surface area contributed by atoms with Crippen molar-refractivity contribution in [2.45, 2.75) is 38.3 Å². The topological polar surface area (TPSA) is 49.4 Å². The van der Waals surface area contributed by atoms with Crippen LogP contribution in [0.1, 0.15) is 48.4 Å². The predicted molar refractivity (Wildman–Crippen MR) is 119 cm³/mol. The van der Waals surface area contributed by atoms with E-state index in [0.717, 1.165) is 43.1 Å². The molecule has 4 nitrogen and oxygen atoms in total. The molecule has 1 fully saturated rings. The van der Waals surface area contributed by atoms with Gasteiger partial charge in [0.2, 0.25) is 10.0 Å². The number of sulfonamides is 1. The van der Waals surface area contributed by atoms with Gasteiger partial charge in [0.1, 0.15) is 0 Å². The molecule has 28 heavy (non-hydrogen) atoms. The molecule has 0 radical (unpaired) electrons. The lowest BCUT2D eigenvalue weighted by atomic mass is 9.89. The molecule has 154 valence electrons. The van der Waals surface area contributed by atoms with Gasteiger partial charge in [-0.2, -0.15) is 0 Å². The third-order valence-corrected chi connectivity index (χ3v) is 6.24. The summed E-state index contributed by atoms with van der Waals surface area (Å²) in [5, 5.41) is 0.792. The molecule has 1 heterocycles. The van der Waals surface area contributed by atoms with Gasteiger partial charge < -0.3 is 0 Å². The smallest absolute Gasteiger partial charge is 0.209 e. The molecule has 1 N–H and O–H groups in total. The molecule has 3 rings (SSSR count). The maximum atomic E-state index is 11.4. The standard InChI is InChI=1S/C21H27ClN2O2S.ClH/c1-16(23-27(2,25)26)18-5-3-17(4-6-18)15-24-13-11-20(12-14-24)19-7-9-21(22)10-8-19;/h3-10,16,20,23H,11-15H2,1-2H3;1H/t16-;/m1./s1. The highest BCUT2D eigenvalue weighted by Crippen LogP contribution is 2.29. The lowest BCUT2D eigenvalue weighted by molar-refractivity contribution is 0.204.